The Hall–Kier alpha value is -2.17. The summed E-state index contributed by atoms with van der Waals surface area (Å²) in [7, 11) is 0. The Labute approximate surface area is 197 Å². The zero-order valence-corrected chi connectivity index (χ0v) is 20.2. The number of H-pyrrole nitrogens is 1. The van der Waals surface area contributed by atoms with Crippen LogP contribution in [0.1, 0.15) is 56.1 Å². The predicted octanol–water partition coefficient (Wildman–Crippen LogP) is 5.48. The summed E-state index contributed by atoms with van der Waals surface area (Å²) < 4.78 is 2.32. The SMILES string of the molecule is CC(Sc1nnc(N2CCCCC2)n1C1CC1)c1nc2scc(-c3cccs3)c2c(=O)[nH]1. The van der Waals surface area contributed by atoms with E-state index in [-0.39, 0.29) is 10.8 Å². The molecule has 32 heavy (non-hydrogen) atoms. The lowest BCUT2D eigenvalue weighted by molar-refractivity contribution is 0.548. The molecule has 1 unspecified atom stereocenters. The van der Waals surface area contributed by atoms with E-state index < -0.39 is 0 Å². The van der Waals surface area contributed by atoms with E-state index in [2.05, 4.69) is 31.6 Å². The van der Waals surface area contributed by atoms with Crippen LogP contribution in [0.25, 0.3) is 20.7 Å². The molecule has 1 saturated carbocycles. The Kier molecular flexibility index (Phi) is 5.31. The molecular formula is C22H24N6OS3. The highest BCUT2D eigenvalue weighted by Gasteiger charge is 2.33. The van der Waals surface area contributed by atoms with Crippen LogP contribution < -0.4 is 10.5 Å². The van der Waals surface area contributed by atoms with Crippen LogP contribution in [0.2, 0.25) is 0 Å². The Morgan fingerprint density at radius 1 is 1.19 bits per heavy atom. The van der Waals surface area contributed by atoms with Crippen molar-refractivity contribution in [2.24, 2.45) is 0 Å². The second-order valence-corrected chi connectivity index (χ2v) is 11.6. The number of hydrogen-bond acceptors (Lipinski definition) is 8. The van der Waals surface area contributed by atoms with Crippen LogP contribution in [0, 0.1) is 0 Å². The summed E-state index contributed by atoms with van der Waals surface area (Å²) in [5.74, 6) is 1.70. The Morgan fingerprint density at radius 2 is 2.03 bits per heavy atom. The van der Waals surface area contributed by atoms with Crippen LogP contribution in [0.4, 0.5) is 5.95 Å². The van der Waals surface area contributed by atoms with Gasteiger partial charge in [-0.3, -0.25) is 9.36 Å². The van der Waals surface area contributed by atoms with E-state index in [4.69, 9.17) is 4.98 Å². The molecule has 10 heteroatoms. The van der Waals surface area contributed by atoms with Crippen molar-refractivity contribution < 1.29 is 0 Å². The lowest BCUT2D eigenvalue weighted by Crippen LogP contribution is -2.31. The van der Waals surface area contributed by atoms with Gasteiger partial charge in [-0.15, -0.1) is 32.9 Å². The van der Waals surface area contributed by atoms with Crippen molar-refractivity contribution in [3.63, 3.8) is 0 Å². The molecule has 1 aliphatic heterocycles. The maximum atomic E-state index is 13.0. The van der Waals surface area contributed by atoms with Gasteiger partial charge in [-0.05, 0) is 50.5 Å². The third kappa shape index (κ3) is 3.68. The van der Waals surface area contributed by atoms with Gasteiger partial charge < -0.3 is 9.88 Å². The molecule has 0 aromatic carbocycles. The molecule has 2 fully saturated rings. The Morgan fingerprint density at radius 3 is 2.78 bits per heavy atom. The van der Waals surface area contributed by atoms with Gasteiger partial charge in [0, 0.05) is 35.0 Å². The second kappa shape index (κ2) is 8.31. The first-order chi connectivity index (χ1) is 15.7. The van der Waals surface area contributed by atoms with Crippen molar-refractivity contribution in [2.75, 3.05) is 18.0 Å². The molecule has 1 atom stereocenters. The Balaban J connectivity index is 1.30. The number of fused-ring (bicyclic) bond motifs is 1. The number of thiophene rings is 2. The lowest BCUT2D eigenvalue weighted by atomic mass is 10.1. The fourth-order valence-electron chi connectivity index (χ4n) is 4.30. The molecule has 0 bridgehead atoms. The summed E-state index contributed by atoms with van der Waals surface area (Å²) in [6.07, 6.45) is 6.10. The quantitative estimate of drug-likeness (QED) is 0.365. The third-order valence-electron chi connectivity index (χ3n) is 6.11. The van der Waals surface area contributed by atoms with Crippen LogP contribution in [-0.2, 0) is 0 Å². The summed E-state index contributed by atoms with van der Waals surface area (Å²) in [5, 5.41) is 14.8. The van der Waals surface area contributed by atoms with E-state index in [0.717, 1.165) is 39.5 Å². The number of anilines is 1. The van der Waals surface area contributed by atoms with Gasteiger partial charge in [-0.2, -0.15) is 0 Å². The minimum Gasteiger partial charge on any atom is -0.341 e. The standard InChI is InChI=1S/C22H24N6OS3/c1-13(18-23-19(29)17-15(12-31-20(17)24-18)16-6-5-11-30-16)32-22-26-25-21(28(22)14-7-8-14)27-9-3-2-4-10-27/h5-6,11-14H,2-4,7-10H2,1H3,(H,23,24,29). The van der Waals surface area contributed by atoms with Crippen LogP contribution in [0.5, 0.6) is 0 Å². The van der Waals surface area contributed by atoms with E-state index in [9.17, 15) is 4.79 Å². The van der Waals surface area contributed by atoms with Gasteiger partial charge in [0.2, 0.25) is 5.95 Å². The predicted molar refractivity (Wildman–Crippen MR) is 132 cm³/mol. The van der Waals surface area contributed by atoms with Crippen molar-refractivity contribution in [2.45, 2.75) is 55.5 Å². The van der Waals surface area contributed by atoms with Gasteiger partial charge in [0.1, 0.15) is 10.7 Å². The van der Waals surface area contributed by atoms with E-state index in [1.807, 2.05) is 22.9 Å². The summed E-state index contributed by atoms with van der Waals surface area (Å²) in [6, 6.07) is 4.55. The maximum absolute atomic E-state index is 13.0. The number of nitrogens with zero attached hydrogens (tertiary/aromatic N) is 5. The van der Waals surface area contributed by atoms with E-state index in [0.29, 0.717) is 17.3 Å². The summed E-state index contributed by atoms with van der Waals surface area (Å²) >= 11 is 4.81. The van der Waals surface area contributed by atoms with E-state index in [1.54, 1.807) is 23.1 Å². The molecule has 4 aromatic heterocycles. The number of nitrogens with one attached hydrogen (secondary N) is 1. The van der Waals surface area contributed by atoms with Crippen molar-refractivity contribution in [3.8, 4) is 10.4 Å². The molecule has 7 nitrogen and oxygen atoms in total. The zero-order valence-electron chi connectivity index (χ0n) is 17.8. The number of thioether (sulfide) groups is 1. The molecular weight excluding hydrogens is 460 g/mol. The number of aromatic nitrogens is 5. The highest BCUT2D eigenvalue weighted by molar-refractivity contribution is 7.99. The summed E-state index contributed by atoms with van der Waals surface area (Å²) in [4.78, 5) is 25.1. The fraction of sp³-hybridized carbons (Fsp3) is 0.455. The van der Waals surface area contributed by atoms with Crippen molar-refractivity contribution in [3.05, 3.63) is 39.1 Å². The van der Waals surface area contributed by atoms with Crippen molar-refractivity contribution in [1.82, 2.24) is 24.7 Å². The van der Waals surface area contributed by atoms with Crippen LogP contribution >= 0.6 is 34.4 Å². The highest BCUT2D eigenvalue weighted by Crippen LogP contribution is 2.44. The largest absolute Gasteiger partial charge is 0.341 e. The first kappa shape index (κ1) is 20.4. The number of rotatable bonds is 6. The van der Waals surface area contributed by atoms with Gasteiger partial charge in [0.15, 0.2) is 5.16 Å². The van der Waals surface area contributed by atoms with Gasteiger partial charge in [0.25, 0.3) is 5.56 Å². The molecule has 4 aromatic rings. The van der Waals surface area contributed by atoms with Gasteiger partial charge >= 0.3 is 0 Å². The zero-order chi connectivity index (χ0) is 21.7. The number of aromatic amines is 1. The van der Waals surface area contributed by atoms with Gasteiger partial charge in [-0.25, -0.2) is 4.98 Å². The fourth-order valence-corrected chi connectivity index (χ4v) is 7.04. The van der Waals surface area contributed by atoms with Gasteiger partial charge in [0.05, 0.1) is 10.6 Å². The average molecular weight is 485 g/mol. The molecule has 2 aliphatic rings. The number of hydrogen-bond donors (Lipinski definition) is 1. The first-order valence-electron chi connectivity index (χ1n) is 11.1. The molecule has 0 amide bonds. The van der Waals surface area contributed by atoms with E-state index >= 15 is 0 Å². The van der Waals surface area contributed by atoms with Crippen molar-refractivity contribution >= 4 is 50.6 Å². The monoisotopic (exact) mass is 484 g/mol. The number of piperidine rings is 1. The average Bonchev–Trinajstić information content (AvgIpc) is 3.19. The minimum atomic E-state index is -0.0697. The molecule has 5 heterocycles. The normalized spacial score (nSPS) is 17.8. The Bertz CT molecular complexity index is 1300. The smallest absolute Gasteiger partial charge is 0.260 e. The second-order valence-electron chi connectivity index (χ2n) is 8.45. The highest BCUT2D eigenvalue weighted by atomic mass is 32.2. The van der Waals surface area contributed by atoms with Crippen LogP contribution in [0.15, 0.2) is 32.8 Å². The molecule has 6 rings (SSSR count). The molecule has 1 aliphatic carbocycles. The van der Waals surface area contributed by atoms with Gasteiger partial charge in [-0.1, -0.05) is 17.8 Å². The van der Waals surface area contributed by atoms with Crippen LogP contribution in [-0.4, -0.2) is 37.8 Å². The van der Waals surface area contributed by atoms with Crippen molar-refractivity contribution in [1.29, 1.82) is 0 Å². The lowest BCUT2D eigenvalue weighted by Gasteiger charge is -2.28. The minimum absolute atomic E-state index is 0.0321. The third-order valence-corrected chi connectivity index (χ3v) is 8.95. The molecule has 166 valence electrons. The molecule has 1 saturated heterocycles. The van der Waals surface area contributed by atoms with E-state index in [1.165, 1.54) is 43.4 Å². The molecule has 0 spiro atoms. The molecule has 1 N–H and O–H groups in total. The topological polar surface area (TPSA) is 79.7 Å². The summed E-state index contributed by atoms with van der Waals surface area (Å²) in [5.41, 5.74) is 0.903. The van der Waals surface area contributed by atoms with Crippen LogP contribution in [0.3, 0.4) is 0 Å². The maximum Gasteiger partial charge on any atom is 0.260 e. The molecule has 0 radical (unpaired) electrons. The first-order valence-corrected chi connectivity index (χ1v) is 13.7. The summed E-state index contributed by atoms with van der Waals surface area (Å²) in [6.45, 7) is 4.19.